The average Bonchev–Trinajstić information content (AvgIpc) is 2.14. The first-order valence-electron chi connectivity index (χ1n) is 5.52. The summed E-state index contributed by atoms with van der Waals surface area (Å²) in [6.45, 7) is 4.58. The van der Waals surface area contributed by atoms with Gasteiger partial charge in [-0.1, -0.05) is 13.8 Å². The molecule has 1 aliphatic rings. The molecule has 1 saturated carbocycles. The van der Waals surface area contributed by atoms with Crippen LogP contribution in [0.1, 0.15) is 39.4 Å². The molecular formula is C12H15BrF2N2. The maximum Gasteiger partial charge on any atom is 0.250 e. The summed E-state index contributed by atoms with van der Waals surface area (Å²) >= 11 is 3.26. The number of hydrogen-bond acceptors (Lipinski definition) is 2. The van der Waals surface area contributed by atoms with E-state index in [1.807, 2.05) is 6.92 Å². The van der Waals surface area contributed by atoms with Crippen LogP contribution >= 0.6 is 15.9 Å². The van der Waals surface area contributed by atoms with E-state index in [2.05, 4.69) is 25.9 Å². The molecule has 0 spiro atoms. The Kier molecular flexibility index (Phi) is 2.80. The van der Waals surface area contributed by atoms with E-state index in [0.717, 1.165) is 11.4 Å². The number of aromatic nitrogens is 2. The number of rotatable bonds is 2. The normalized spacial score (nSPS) is 33.3. The minimum Gasteiger partial charge on any atom is -0.240 e. The SMILES string of the molecule is CC1(c2ncc(Br)cn2)CC(C)(C(C)(F)F)C1. The van der Waals surface area contributed by atoms with Crippen LogP contribution in [0.25, 0.3) is 0 Å². The summed E-state index contributed by atoms with van der Waals surface area (Å²) in [4.78, 5) is 8.43. The Morgan fingerprint density at radius 2 is 1.71 bits per heavy atom. The van der Waals surface area contributed by atoms with Crippen LogP contribution in [0.3, 0.4) is 0 Å². The van der Waals surface area contributed by atoms with Gasteiger partial charge in [0.2, 0.25) is 0 Å². The maximum absolute atomic E-state index is 13.4. The van der Waals surface area contributed by atoms with E-state index in [1.165, 1.54) is 0 Å². The topological polar surface area (TPSA) is 25.8 Å². The number of nitrogens with zero attached hydrogens (tertiary/aromatic N) is 2. The zero-order valence-corrected chi connectivity index (χ0v) is 11.7. The van der Waals surface area contributed by atoms with Gasteiger partial charge in [-0.2, -0.15) is 0 Å². The van der Waals surface area contributed by atoms with Crippen LogP contribution in [0.5, 0.6) is 0 Å². The number of alkyl halides is 2. The van der Waals surface area contributed by atoms with Crippen molar-refractivity contribution in [3.05, 3.63) is 22.7 Å². The molecule has 0 atom stereocenters. The lowest BCUT2D eigenvalue weighted by Crippen LogP contribution is -2.55. The van der Waals surface area contributed by atoms with Crippen molar-refractivity contribution in [1.29, 1.82) is 0 Å². The number of halogens is 3. The summed E-state index contributed by atoms with van der Waals surface area (Å²) in [5.41, 5.74) is -1.26. The van der Waals surface area contributed by atoms with E-state index >= 15 is 0 Å². The van der Waals surface area contributed by atoms with Crippen molar-refractivity contribution in [3.8, 4) is 0 Å². The molecular weight excluding hydrogens is 290 g/mol. The van der Waals surface area contributed by atoms with E-state index in [0.29, 0.717) is 18.7 Å². The van der Waals surface area contributed by atoms with Crippen LogP contribution in [0.4, 0.5) is 8.78 Å². The van der Waals surface area contributed by atoms with Gasteiger partial charge < -0.3 is 0 Å². The first-order valence-corrected chi connectivity index (χ1v) is 6.32. The van der Waals surface area contributed by atoms with Gasteiger partial charge in [-0.15, -0.1) is 0 Å². The fourth-order valence-corrected chi connectivity index (χ4v) is 2.97. The highest BCUT2D eigenvalue weighted by Crippen LogP contribution is 2.60. The van der Waals surface area contributed by atoms with Crippen LogP contribution < -0.4 is 0 Å². The van der Waals surface area contributed by atoms with Gasteiger partial charge in [0.1, 0.15) is 5.82 Å². The quantitative estimate of drug-likeness (QED) is 0.827. The fraction of sp³-hybridized carbons (Fsp3) is 0.667. The van der Waals surface area contributed by atoms with Crippen molar-refractivity contribution in [2.75, 3.05) is 0 Å². The molecule has 0 unspecified atom stereocenters. The van der Waals surface area contributed by atoms with Crippen molar-refractivity contribution in [2.24, 2.45) is 5.41 Å². The molecule has 1 fully saturated rings. The largest absolute Gasteiger partial charge is 0.250 e. The van der Waals surface area contributed by atoms with Crippen molar-refractivity contribution in [3.63, 3.8) is 0 Å². The summed E-state index contributed by atoms with van der Waals surface area (Å²) in [6, 6.07) is 0. The zero-order chi connectivity index (χ0) is 12.9. The summed E-state index contributed by atoms with van der Waals surface area (Å²) in [7, 11) is 0. The van der Waals surface area contributed by atoms with Crippen LogP contribution in [0.2, 0.25) is 0 Å². The molecule has 0 amide bonds. The van der Waals surface area contributed by atoms with Crippen molar-refractivity contribution in [2.45, 2.75) is 45.0 Å². The van der Waals surface area contributed by atoms with Gasteiger partial charge in [0.05, 0.1) is 4.47 Å². The van der Waals surface area contributed by atoms with Gasteiger partial charge in [0.25, 0.3) is 5.92 Å². The predicted octanol–water partition coefficient (Wildman–Crippen LogP) is 3.95. The van der Waals surface area contributed by atoms with E-state index in [4.69, 9.17) is 0 Å². The molecule has 94 valence electrons. The van der Waals surface area contributed by atoms with Gasteiger partial charge in [0, 0.05) is 23.2 Å². The molecule has 1 heterocycles. The van der Waals surface area contributed by atoms with Gasteiger partial charge in [-0.25, -0.2) is 18.7 Å². The molecule has 0 saturated heterocycles. The lowest BCUT2D eigenvalue weighted by molar-refractivity contribution is -0.167. The Morgan fingerprint density at radius 3 is 2.12 bits per heavy atom. The Bertz CT molecular complexity index is 419. The lowest BCUT2D eigenvalue weighted by atomic mass is 9.52. The molecule has 2 nitrogen and oxygen atoms in total. The minimum atomic E-state index is -2.65. The summed E-state index contributed by atoms with van der Waals surface area (Å²) < 4.78 is 27.7. The highest BCUT2D eigenvalue weighted by atomic mass is 79.9. The molecule has 1 aromatic rings. The summed E-state index contributed by atoms with van der Waals surface area (Å²) in [6.07, 6.45) is 4.16. The fourth-order valence-electron chi connectivity index (χ4n) is 2.76. The first kappa shape index (κ1) is 12.9. The Hall–Kier alpha value is -0.580. The minimum absolute atomic E-state index is 0.325. The van der Waals surface area contributed by atoms with Gasteiger partial charge in [-0.05, 0) is 35.7 Å². The monoisotopic (exact) mass is 304 g/mol. The van der Waals surface area contributed by atoms with E-state index in [1.54, 1.807) is 19.3 Å². The van der Waals surface area contributed by atoms with Crippen molar-refractivity contribution < 1.29 is 8.78 Å². The molecule has 0 aliphatic heterocycles. The maximum atomic E-state index is 13.4. The lowest BCUT2D eigenvalue weighted by Gasteiger charge is -2.54. The molecule has 0 aromatic carbocycles. The molecule has 0 N–H and O–H groups in total. The van der Waals surface area contributed by atoms with Gasteiger partial charge in [0.15, 0.2) is 0 Å². The molecule has 2 rings (SSSR count). The highest BCUT2D eigenvalue weighted by Gasteiger charge is 2.61. The predicted molar refractivity (Wildman–Crippen MR) is 65.0 cm³/mol. The second-order valence-electron chi connectivity index (χ2n) is 5.59. The Labute approximate surface area is 108 Å². The van der Waals surface area contributed by atoms with Crippen molar-refractivity contribution in [1.82, 2.24) is 9.97 Å². The smallest absolute Gasteiger partial charge is 0.240 e. The third-order valence-electron chi connectivity index (χ3n) is 3.78. The van der Waals surface area contributed by atoms with Crippen molar-refractivity contribution >= 4 is 15.9 Å². The summed E-state index contributed by atoms with van der Waals surface area (Å²) in [5.74, 6) is -2.00. The molecule has 0 bridgehead atoms. The van der Waals surface area contributed by atoms with Crippen LogP contribution in [0, 0.1) is 5.41 Å². The van der Waals surface area contributed by atoms with E-state index in [-0.39, 0.29) is 5.41 Å². The van der Waals surface area contributed by atoms with E-state index in [9.17, 15) is 8.78 Å². The zero-order valence-electron chi connectivity index (χ0n) is 10.1. The van der Waals surface area contributed by atoms with Gasteiger partial charge >= 0.3 is 0 Å². The molecule has 5 heteroatoms. The van der Waals surface area contributed by atoms with E-state index < -0.39 is 11.3 Å². The molecule has 1 aliphatic carbocycles. The Balaban J connectivity index is 2.19. The van der Waals surface area contributed by atoms with Crippen LogP contribution in [-0.2, 0) is 5.41 Å². The number of hydrogen-bond donors (Lipinski definition) is 0. The van der Waals surface area contributed by atoms with Crippen LogP contribution in [-0.4, -0.2) is 15.9 Å². The third kappa shape index (κ3) is 2.09. The van der Waals surface area contributed by atoms with Gasteiger partial charge in [-0.3, -0.25) is 0 Å². The Morgan fingerprint density at radius 1 is 1.24 bits per heavy atom. The molecule has 1 aromatic heterocycles. The highest BCUT2D eigenvalue weighted by molar-refractivity contribution is 9.10. The standard InChI is InChI=1S/C12H15BrF2N2/c1-10(9-16-4-8(13)5-17-9)6-11(2,7-10)12(3,14)15/h4-5H,6-7H2,1-3H3. The third-order valence-corrected chi connectivity index (χ3v) is 4.19. The average molecular weight is 305 g/mol. The molecule has 0 radical (unpaired) electrons. The second-order valence-corrected chi connectivity index (χ2v) is 6.50. The second kappa shape index (κ2) is 3.70. The van der Waals surface area contributed by atoms with Crippen LogP contribution in [0.15, 0.2) is 16.9 Å². The first-order chi connectivity index (χ1) is 7.66. The molecule has 17 heavy (non-hydrogen) atoms. The summed E-state index contributed by atoms with van der Waals surface area (Å²) in [5, 5.41) is 0.